The molecule has 0 bridgehead atoms. The van der Waals surface area contributed by atoms with Gasteiger partial charge in [0.2, 0.25) is 0 Å². The van der Waals surface area contributed by atoms with Crippen molar-refractivity contribution in [3.05, 3.63) is 75.4 Å². The molecule has 2 aromatic rings. The Hall–Kier alpha value is -2.71. The highest BCUT2D eigenvalue weighted by Crippen LogP contribution is 2.35. The highest BCUT2D eigenvalue weighted by molar-refractivity contribution is 9.10. The fourth-order valence-corrected chi connectivity index (χ4v) is 3.96. The molecular formula is C21H19BrN2O4S. The van der Waals surface area contributed by atoms with Crippen LogP contribution in [0.3, 0.4) is 0 Å². The molecule has 0 radical (unpaired) electrons. The van der Waals surface area contributed by atoms with E-state index in [9.17, 15) is 9.59 Å². The summed E-state index contributed by atoms with van der Waals surface area (Å²) in [4.78, 5) is 25.8. The first-order valence-corrected chi connectivity index (χ1v) is 10.1. The minimum Gasteiger partial charge on any atom is -0.478 e. The fourth-order valence-electron chi connectivity index (χ4n) is 3.21. The molecule has 0 aromatic heterocycles. The second kappa shape index (κ2) is 8.75. The van der Waals surface area contributed by atoms with Gasteiger partial charge < -0.3 is 15.2 Å². The van der Waals surface area contributed by atoms with Gasteiger partial charge in [0, 0.05) is 15.9 Å². The first kappa shape index (κ1) is 21.0. The second-order valence-electron chi connectivity index (χ2n) is 6.34. The first-order chi connectivity index (χ1) is 13.8. The molecule has 2 N–H and O–H groups in total. The van der Waals surface area contributed by atoms with Crippen LogP contribution >= 0.6 is 28.1 Å². The van der Waals surface area contributed by atoms with Crippen LogP contribution in [0.15, 0.2) is 64.3 Å². The van der Waals surface area contributed by atoms with Crippen molar-refractivity contribution in [2.45, 2.75) is 19.9 Å². The molecule has 3 rings (SSSR count). The maximum atomic E-state index is 12.8. The molecule has 1 aliphatic heterocycles. The van der Waals surface area contributed by atoms with Crippen molar-refractivity contribution in [3.63, 3.8) is 0 Å². The van der Waals surface area contributed by atoms with Crippen LogP contribution in [0.25, 0.3) is 0 Å². The van der Waals surface area contributed by atoms with Gasteiger partial charge >= 0.3 is 11.9 Å². The summed E-state index contributed by atoms with van der Waals surface area (Å²) < 4.78 is 6.18. The highest BCUT2D eigenvalue weighted by Gasteiger charge is 2.35. The predicted molar refractivity (Wildman–Crippen MR) is 118 cm³/mol. The van der Waals surface area contributed by atoms with Gasteiger partial charge in [-0.3, -0.25) is 4.90 Å². The smallest absolute Gasteiger partial charge is 0.338 e. The number of carboxylic acids is 1. The van der Waals surface area contributed by atoms with E-state index in [2.05, 4.69) is 21.2 Å². The van der Waals surface area contributed by atoms with Crippen LogP contribution in [0, 0.1) is 0 Å². The number of hydrogen-bond donors (Lipinski definition) is 2. The molecule has 150 valence electrons. The summed E-state index contributed by atoms with van der Waals surface area (Å²) in [6, 6.07) is 13.4. The Labute approximate surface area is 182 Å². The summed E-state index contributed by atoms with van der Waals surface area (Å²) in [6.07, 6.45) is 0. The minimum absolute atomic E-state index is 0.168. The number of benzene rings is 2. The van der Waals surface area contributed by atoms with Gasteiger partial charge in [-0.15, -0.1) is 0 Å². The number of allylic oxidation sites excluding steroid dienone is 1. The summed E-state index contributed by atoms with van der Waals surface area (Å²) in [5.74, 6) is -1.46. The lowest BCUT2D eigenvalue weighted by atomic mass is 9.94. The Kier molecular flexibility index (Phi) is 6.34. The van der Waals surface area contributed by atoms with Gasteiger partial charge in [-0.05, 0) is 62.0 Å². The van der Waals surface area contributed by atoms with Crippen LogP contribution in [0.2, 0.25) is 0 Å². The lowest BCUT2D eigenvalue weighted by molar-refractivity contribution is -0.139. The number of carbonyl (C=O) groups excluding carboxylic acids is 1. The number of carbonyl (C=O) groups is 2. The molecule has 6 nitrogen and oxygen atoms in total. The standard InChI is InChI=1S/C21H19BrN2O4S/c1-3-28-20(27)17-12(2)24(16-6-4-5-15(22)11-16)21(29)23-18(17)13-7-9-14(10-8-13)19(25)26/h4-11,18H,3H2,1-2H3,(H,23,29)(H,25,26)/t18-/m0/s1. The Morgan fingerprint density at radius 3 is 2.52 bits per heavy atom. The third kappa shape index (κ3) is 4.33. The third-order valence-corrected chi connectivity index (χ3v) is 5.33. The average Bonchev–Trinajstić information content (AvgIpc) is 2.67. The molecule has 0 saturated heterocycles. The predicted octanol–water partition coefficient (Wildman–Crippen LogP) is 4.42. The van der Waals surface area contributed by atoms with Crippen molar-refractivity contribution < 1.29 is 19.4 Å². The van der Waals surface area contributed by atoms with Gasteiger partial charge in [-0.25, -0.2) is 9.59 Å². The molecule has 1 aliphatic rings. The molecule has 0 unspecified atom stereocenters. The van der Waals surface area contributed by atoms with E-state index in [0.717, 1.165) is 10.2 Å². The van der Waals surface area contributed by atoms with Crippen LogP contribution in [-0.4, -0.2) is 28.8 Å². The number of aromatic carboxylic acids is 1. The number of thiocarbonyl (C=S) groups is 1. The molecule has 1 atom stereocenters. The van der Waals surface area contributed by atoms with E-state index in [1.165, 1.54) is 12.1 Å². The zero-order chi connectivity index (χ0) is 21.1. The van der Waals surface area contributed by atoms with Gasteiger partial charge in [0.15, 0.2) is 5.11 Å². The van der Waals surface area contributed by atoms with Gasteiger partial charge in [0.05, 0.1) is 23.8 Å². The summed E-state index contributed by atoms with van der Waals surface area (Å²) in [5, 5.41) is 12.8. The van der Waals surface area contributed by atoms with E-state index in [-0.39, 0.29) is 12.2 Å². The number of nitrogens with zero attached hydrogens (tertiary/aromatic N) is 1. The number of esters is 1. The lowest BCUT2D eigenvalue weighted by Crippen LogP contribution is -2.48. The van der Waals surface area contributed by atoms with Gasteiger partial charge in [-0.2, -0.15) is 0 Å². The lowest BCUT2D eigenvalue weighted by Gasteiger charge is -2.37. The first-order valence-electron chi connectivity index (χ1n) is 8.90. The average molecular weight is 475 g/mol. The summed E-state index contributed by atoms with van der Waals surface area (Å²) in [5.41, 5.74) is 2.76. The van der Waals surface area contributed by atoms with Crippen LogP contribution < -0.4 is 10.2 Å². The number of nitrogens with one attached hydrogen (secondary N) is 1. The number of hydrogen-bond acceptors (Lipinski definition) is 4. The van der Waals surface area contributed by atoms with Crippen LogP contribution in [0.4, 0.5) is 5.69 Å². The molecule has 0 saturated carbocycles. The molecule has 0 spiro atoms. The van der Waals surface area contributed by atoms with Crippen LogP contribution in [0.1, 0.15) is 35.8 Å². The van der Waals surface area contributed by atoms with Gasteiger partial charge in [0.1, 0.15) is 0 Å². The van der Waals surface area contributed by atoms with E-state index in [1.807, 2.05) is 31.2 Å². The topological polar surface area (TPSA) is 78.9 Å². The zero-order valence-electron chi connectivity index (χ0n) is 15.8. The molecule has 29 heavy (non-hydrogen) atoms. The fraction of sp³-hybridized carbons (Fsp3) is 0.190. The Balaban J connectivity index is 2.11. The summed E-state index contributed by atoms with van der Waals surface area (Å²) in [7, 11) is 0. The summed E-state index contributed by atoms with van der Waals surface area (Å²) in [6.45, 7) is 3.80. The molecule has 0 fully saturated rings. The van der Waals surface area contributed by atoms with Crippen molar-refractivity contribution in [1.29, 1.82) is 0 Å². The van der Waals surface area contributed by atoms with Crippen molar-refractivity contribution >= 4 is 50.9 Å². The monoisotopic (exact) mass is 474 g/mol. The Morgan fingerprint density at radius 1 is 1.24 bits per heavy atom. The maximum Gasteiger partial charge on any atom is 0.338 e. The largest absolute Gasteiger partial charge is 0.478 e. The van der Waals surface area contributed by atoms with Crippen LogP contribution in [0.5, 0.6) is 0 Å². The third-order valence-electron chi connectivity index (χ3n) is 4.54. The highest BCUT2D eigenvalue weighted by atomic mass is 79.9. The van der Waals surface area contributed by atoms with E-state index in [4.69, 9.17) is 22.1 Å². The van der Waals surface area contributed by atoms with E-state index >= 15 is 0 Å². The molecular weight excluding hydrogens is 456 g/mol. The number of halogens is 1. The molecule has 2 aromatic carbocycles. The number of anilines is 1. The normalized spacial score (nSPS) is 16.4. The number of carboxylic acid groups (broad SMARTS) is 1. The Morgan fingerprint density at radius 2 is 1.93 bits per heavy atom. The molecule has 0 aliphatic carbocycles. The van der Waals surface area contributed by atoms with Crippen LogP contribution in [-0.2, 0) is 9.53 Å². The van der Waals surface area contributed by atoms with Crippen molar-refractivity contribution in [3.8, 4) is 0 Å². The van der Waals surface area contributed by atoms with Crippen molar-refractivity contribution in [1.82, 2.24) is 5.32 Å². The number of rotatable bonds is 5. The minimum atomic E-state index is -1.01. The van der Waals surface area contributed by atoms with Gasteiger partial charge in [0.25, 0.3) is 0 Å². The van der Waals surface area contributed by atoms with Gasteiger partial charge in [-0.1, -0.05) is 34.1 Å². The van der Waals surface area contributed by atoms with Crippen molar-refractivity contribution in [2.24, 2.45) is 0 Å². The molecule has 0 amide bonds. The second-order valence-corrected chi connectivity index (χ2v) is 7.65. The van der Waals surface area contributed by atoms with E-state index in [0.29, 0.717) is 21.9 Å². The summed E-state index contributed by atoms with van der Waals surface area (Å²) >= 11 is 9.06. The maximum absolute atomic E-state index is 12.8. The number of ether oxygens (including phenoxy) is 1. The quantitative estimate of drug-likeness (QED) is 0.490. The van der Waals surface area contributed by atoms with E-state index < -0.39 is 18.0 Å². The molecule has 1 heterocycles. The SMILES string of the molecule is CCOC(=O)C1=C(C)N(c2cccc(Br)c2)C(=S)N[C@H]1c1ccc(C(=O)O)cc1. The zero-order valence-corrected chi connectivity index (χ0v) is 18.2. The van der Waals surface area contributed by atoms with E-state index in [1.54, 1.807) is 24.0 Å². The van der Waals surface area contributed by atoms with Crippen molar-refractivity contribution in [2.75, 3.05) is 11.5 Å². The Bertz CT molecular complexity index is 1000. The molecule has 8 heteroatoms.